The second kappa shape index (κ2) is 14.4. The SMILES string of the molecule is CC1(C)c2ccccc2-c2ccc(-c3ccc(N(c4ccc5sc6ccccc6c5c4)c4ccc5c(oc6ccccc65)c4-c4ccc(-n5c6ccccc6c6ccccc65)cc4)cc3)cc21. The molecule has 3 nitrogen and oxygen atoms in total. The largest absolute Gasteiger partial charge is 0.455 e. The third kappa shape index (κ3) is 5.70. The number of furan rings is 1. The number of rotatable bonds is 6. The van der Waals surface area contributed by atoms with Crippen LogP contribution in [0.5, 0.6) is 0 Å². The van der Waals surface area contributed by atoms with Crippen LogP contribution < -0.4 is 4.90 Å². The number of hydrogen-bond acceptors (Lipinski definition) is 3. The van der Waals surface area contributed by atoms with Gasteiger partial charge in [-0.3, -0.25) is 0 Å². The minimum absolute atomic E-state index is 0.0729. The quantitative estimate of drug-likeness (QED) is 0.166. The van der Waals surface area contributed by atoms with Crippen LogP contribution in [0.25, 0.3) is 103 Å². The molecule has 0 saturated carbocycles. The third-order valence-corrected chi connectivity index (χ3v) is 15.6. The van der Waals surface area contributed by atoms with Crippen molar-refractivity contribution in [3.8, 4) is 39.1 Å². The van der Waals surface area contributed by atoms with Crippen molar-refractivity contribution in [1.29, 1.82) is 0 Å². The van der Waals surface area contributed by atoms with Crippen molar-refractivity contribution in [2.45, 2.75) is 19.3 Å². The maximum absolute atomic E-state index is 6.96. The van der Waals surface area contributed by atoms with Crippen LogP contribution in [0.4, 0.5) is 17.1 Å². The maximum atomic E-state index is 6.96. The van der Waals surface area contributed by atoms with E-state index in [0.29, 0.717) is 0 Å². The van der Waals surface area contributed by atoms with Gasteiger partial charge in [-0.1, -0.05) is 147 Å². The predicted molar refractivity (Wildman–Crippen MR) is 284 cm³/mol. The number of thiophene rings is 1. The molecule has 316 valence electrons. The van der Waals surface area contributed by atoms with Crippen LogP contribution >= 0.6 is 11.3 Å². The van der Waals surface area contributed by atoms with Gasteiger partial charge in [0, 0.05) is 69.8 Å². The van der Waals surface area contributed by atoms with Crippen LogP contribution in [0.3, 0.4) is 0 Å². The Hall–Kier alpha value is -8.18. The summed E-state index contributed by atoms with van der Waals surface area (Å²) in [5.41, 5.74) is 18.3. The minimum atomic E-state index is -0.0729. The fourth-order valence-corrected chi connectivity index (χ4v) is 12.3. The number of benzene rings is 10. The summed E-state index contributed by atoms with van der Waals surface area (Å²) >= 11 is 1.85. The highest BCUT2D eigenvalue weighted by Crippen LogP contribution is 2.51. The lowest BCUT2D eigenvalue weighted by atomic mass is 9.81. The summed E-state index contributed by atoms with van der Waals surface area (Å²) in [6.07, 6.45) is 0. The Morgan fingerprint density at radius 2 is 1.04 bits per heavy atom. The molecule has 0 bridgehead atoms. The van der Waals surface area contributed by atoms with Crippen LogP contribution in [0.1, 0.15) is 25.0 Å². The molecule has 0 amide bonds. The lowest BCUT2D eigenvalue weighted by Gasteiger charge is -2.28. The van der Waals surface area contributed by atoms with Gasteiger partial charge in [-0.15, -0.1) is 11.3 Å². The summed E-state index contributed by atoms with van der Waals surface area (Å²) in [5.74, 6) is 0. The smallest absolute Gasteiger partial charge is 0.145 e. The molecular formula is C63H42N2OS. The van der Waals surface area contributed by atoms with Crippen LogP contribution in [-0.2, 0) is 5.41 Å². The summed E-state index contributed by atoms with van der Waals surface area (Å²) in [5, 5.41) is 7.23. The summed E-state index contributed by atoms with van der Waals surface area (Å²) < 4.78 is 11.9. The Balaban J connectivity index is 0.966. The van der Waals surface area contributed by atoms with E-state index in [1.807, 2.05) is 11.3 Å². The monoisotopic (exact) mass is 874 g/mol. The van der Waals surface area contributed by atoms with Gasteiger partial charge < -0.3 is 13.9 Å². The molecule has 1 aliphatic rings. The number of fused-ring (bicyclic) bond motifs is 12. The molecule has 4 heteroatoms. The number of anilines is 3. The average molecular weight is 875 g/mol. The van der Waals surface area contributed by atoms with E-state index < -0.39 is 0 Å². The Bertz CT molecular complexity index is 4080. The summed E-state index contributed by atoms with van der Waals surface area (Å²) in [6, 6.07) is 80.1. The molecule has 0 fully saturated rings. The maximum Gasteiger partial charge on any atom is 0.145 e. The highest BCUT2D eigenvalue weighted by atomic mass is 32.1. The van der Waals surface area contributed by atoms with Gasteiger partial charge in [0.25, 0.3) is 0 Å². The Labute approximate surface area is 392 Å². The zero-order valence-corrected chi connectivity index (χ0v) is 37.8. The Morgan fingerprint density at radius 1 is 0.433 bits per heavy atom. The van der Waals surface area contributed by atoms with E-state index in [-0.39, 0.29) is 5.41 Å². The first-order valence-electron chi connectivity index (χ1n) is 23.1. The molecule has 14 rings (SSSR count). The molecule has 0 N–H and O–H groups in total. The first-order chi connectivity index (χ1) is 33.0. The Kier molecular flexibility index (Phi) is 8.20. The normalized spacial score (nSPS) is 13.0. The fourth-order valence-electron chi connectivity index (χ4n) is 11.2. The molecule has 0 radical (unpaired) electrons. The first-order valence-corrected chi connectivity index (χ1v) is 23.9. The summed E-state index contributed by atoms with van der Waals surface area (Å²) in [7, 11) is 0. The molecule has 13 aromatic rings. The molecule has 3 aromatic heterocycles. The van der Waals surface area contributed by atoms with Crippen molar-refractivity contribution in [3.63, 3.8) is 0 Å². The average Bonchev–Trinajstić information content (AvgIpc) is 4.11. The molecular weight excluding hydrogens is 833 g/mol. The van der Waals surface area contributed by atoms with Gasteiger partial charge in [0.1, 0.15) is 11.2 Å². The van der Waals surface area contributed by atoms with Gasteiger partial charge in [-0.2, -0.15) is 0 Å². The molecule has 67 heavy (non-hydrogen) atoms. The predicted octanol–water partition coefficient (Wildman–Crippen LogP) is 18.2. The van der Waals surface area contributed by atoms with E-state index in [4.69, 9.17) is 4.42 Å². The van der Waals surface area contributed by atoms with Crippen molar-refractivity contribution < 1.29 is 4.42 Å². The van der Waals surface area contributed by atoms with Crippen molar-refractivity contribution >= 4 is 92.3 Å². The van der Waals surface area contributed by atoms with E-state index in [1.165, 1.54) is 75.4 Å². The van der Waals surface area contributed by atoms with Gasteiger partial charge in [-0.25, -0.2) is 0 Å². The van der Waals surface area contributed by atoms with E-state index in [2.05, 4.69) is 242 Å². The van der Waals surface area contributed by atoms with E-state index in [0.717, 1.165) is 55.8 Å². The van der Waals surface area contributed by atoms with Crippen molar-refractivity contribution in [2.75, 3.05) is 4.90 Å². The number of hydrogen-bond donors (Lipinski definition) is 0. The fraction of sp³-hybridized carbons (Fsp3) is 0.0476. The molecule has 10 aromatic carbocycles. The van der Waals surface area contributed by atoms with Crippen LogP contribution in [0.2, 0.25) is 0 Å². The standard InChI is InChI=1S/C63H42N2OS/c1-63(2)53-18-8-3-13-45(53)46-33-27-41(37-54(46)63)39-23-28-42(29-24-39)64(44-32-36-60-52(38-44)50-17-7-12-22-59(50)67-60)57-35-34-51-49-16-6-11-21-58(49)66-62(51)61(57)40-25-30-43(31-26-40)65-55-19-9-4-14-47(55)48-15-5-10-20-56(48)65/h3-38H,1-2H3. The van der Waals surface area contributed by atoms with Crippen molar-refractivity contribution in [1.82, 2.24) is 4.57 Å². The summed E-state index contributed by atoms with van der Waals surface area (Å²) in [6.45, 7) is 4.70. The van der Waals surface area contributed by atoms with Gasteiger partial charge in [0.05, 0.1) is 16.7 Å². The van der Waals surface area contributed by atoms with E-state index in [9.17, 15) is 0 Å². The van der Waals surface area contributed by atoms with Crippen LogP contribution in [0.15, 0.2) is 223 Å². The number of nitrogens with zero attached hydrogens (tertiary/aromatic N) is 2. The molecule has 0 atom stereocenters. The molecule has 0 spiro atoms. The molecule has 1 aliphatic carbocycles. The summed E-state index contributed by atoms with van der Waals surface area (Å²) in [4.78, 5) is 2.43. The highest BCUT2D eigenvalue weighted by molar-refractivity contribution is 7.25. The molecule has 3 heterocycles. The van der Waals surface area contributed by atoms with E-state index >= 15 is 0 Å². The topological polar surface area (TPSA) is 21.3 Å². The van der Waals surface area contributed by atoms with Crippen molar-refractivity contribution in [2.24, 2.45) is 0 Å². The van der Waals surface area contributed by atoms with Gasteiger partial charge in [0.15, 0.2) is 0 Å². The second-order valence-electron chi connectivity index (χ2n) is 18.4. The van der Waals surface area contributed by atoms with Gasteiger partial charge in [-0.05, 0) is 124 Å². The van der Waals surface area contributed by atoms with Gasteiger partial charge in [0.2, 0.25) is 0 Å². The number of para-hydroxylation sites is 3. The first kappa shape index (κ1) is 38.1. The van der Waals surface area contributed by atoms with Gasteiger partial charge >= 0.3 is 0 Å². The zero-order valence-electron chi connectivity index (χ0n) is 37.0. The lowest BCUT2D eigenvalue weighted by Crippen LogP contribution is -2.14. The van der Waals surface area contributed by atoms with Crippen LogP contribution in [0, 0.1) is 0 Å². The van der Waals surface area contributed by atoms with Crippen molar-refractivity contribution in [3.05, 3.63) is 230 Å². The molecule has 0 saturated heterocycles. The second-order valence-corrected chi connectivity index (χ2v) is 19.5. The zero-order chi connectivity index (χ0) is 44.4. The lowest BCUT2D eigenvalue weighted by molar-refractivity contribution is 0.660. The molecule has 0 unspecified atom stereocenters. The van der Waals surface area contributed by atoms with E-state index in [1.54, 1.807) is 0 Å². The third-order valence-electron chi connectivity index (χ3n) is 14.4. The van der Waals surface area contributed by atoms with Crippen LogP contribution in [-0.4, -0.2) is 4.57 Å². The Morgan fingerprint density at radius 3 is 1.84 bits per heavy atom. The number of aromatic nitrogens is 1. The highest BCUT2D eigenvalue weighted by Gasteiger charge is 2.35. The minimum Gasteiger partial charge on any atom is -0.455 e. The molecule has 0 aliphatic heterocycles.